The third-order valence-corrected chi connectivity index (χ3v) is 4.74. The van der Waals surface area contributed by atoms with E-state index >= 15 is 0 Å². The van der Waals surface area contributed by atoms with Gasteiger partial charge in [-0.2, -0.15) is 0 Å². The van der Waals surface area contributed by atoms with Gasteiger partial charge in [0.15, 0.2) is 0 Å². The molecule has 0 aliphatic heterocycles. The van der Waals surface area contributed by atoms with Crippen LogP contribution in [0.25, 0.3) is 0 Å². The molecule has 1 aliphatic carbocycles. The SMILES string of the molecule is CCC(C)C1=CC(O[Si](C)(C)C)=C(O[Si](C)(C)C)C1. The Labute approximate surface area is 121 Å². The Bertz CT molecular complexity index is 384. The topological polar surface area (TPSA) is 18.5 Å². The first-order valence-corrected chi connectivity index (χ1v) is 14.1. The lowest BCUT2D eigenvalue weighted by atomic mass is 9.98. The normalized spacial score (nSPS) is 18.4. The standard InChI is InChI=1S/C15H30O2Si2/c1-9-12(2)13-10-14(16-18(3,4)5)15(11-13)17-19(6,7)8/h10,12H,9,11H2,1-8H3. The van der Waals surface area contributed by atoms with Crippen LogP contribution in [0, 0.1) is 5.92 Å². The van der Waals surface area contributed by atoms with Crippen LogP contribution in [0.5, 0.6) is 0 Å². The predicted molar refractivity (Wildman–Crippen MR) is 88.0 cm³/mol. The van der Waals surface area contributed by atoms with E-state index in [1.54, 1.807) is 0 Å². The third-order valence-electron chi connectivity index (χ3n) is 3.05. The summed E-state index contributed by atoms with van der Waals surface area (Å²) in [6.45, 7) is 17.9. The highest BCUT2D eigenvalue weighted by Gasteiger charge is 2.29. The highest BCUT2D eigenvalue weighted by atomic mass is 28.4. The van der Waals surface area contributed by atoms with Gasteiger partial charge in [0, 0.05) is 6.42 Å². The van der Waals surface area contributed by atoms with Crippen molar-refractivity contribution in [2.24, 2.45) is 5.92 Å². The maximum Gasteiger partial charge on any atom is 0.242 e. The average molecular weight is 299 g/mol. The van der Waals surface area contributed by atoms with E-state index < -0.39 is 16.6 Å². The zero-order chi connectivity index (χ0) is 14.8. The molecule has 0 amide bonds. The largest absolute Gasteiger partial charge is 0.544 e. The molecule has 4 heteroatoms. The van der Waals surface area contributed by atoms with Crippen LogP contribution in [-0.4, -0.2) is 16.6 Å². The molecule has 110 valence electrons. The molecule has 1 aliphatic rings. The quantitative estimate of drug-likeness (QED) is 0.621. The summed E-state index contributed by atoms with van der Waals surface area (Å²) in [4.78, 5) is 0. The molecule has 0 spiro atoms. The van der Waals surface area contributed by atoms with Crippen LogP contribution in [0.1, 0.15) is 26.7 Å². The van der Waals surface area contributed by atoms with E-state index in [1.165, 1.54) is 12.0 Å². The van der Waals surface area contributed by atoms with Crippen LogP contribution < -0.4 is 0 Å². The molecule has 0 fully saturated rings. The summed E-state index contributed by atoms with van der Waals surface area (Å²) in [5, 5.41) is 0. The molecule has 0 saturated heterocycles. The minimum absolute atomic E-state index is 0.614. The van der Waals surface area contributed by atoms with E-state index in [0.29, 0.717) is 5.92 Å². The van der Waals surface area contributed by atoms with Crippen molar-refractivity contribution in [1.82, 2.24) is 0 Å². The van der Waals surface area contributed by atoms with E-state index in [0.717, 1.165) is 17.9 Å². The van der Waals surface area contributed by atoms with Crippen molar-refractivity contribution in [3.63, 3.8) is 0 Å². The minimum Gasteiger partial charge on any atom is -0.544 e. The molecule has 0 aromatic heterocycles. The Morgan fingerprint density at radius 2 is 1.58 bits per heavy atom. The highest BCUT2D eigenvalue weighted by molar-refractivity contribution is 6.70. The third kappa shape index (κ3) is 5.57. The fraction of sp³-hybridized carbons (Fsp3) is 0.733. The summed E-state index contributed by atoms with van der Waals surface area (Å²) < 4.78 is 12.5. The van der Waals surface area contributed by atoms with Gasteiger partial charge >= 0.3 is 0 Å². The molecule has 0 saturated carbocycles. The van der Waals surface area contributed by atoms with E-state index in [9.17, 15) is 0 Å². The van der Waals surface area contributed by atoms with E-state index in [2.05, 4.69) is 59.2 Å². The molecule has 0 radical (unpaired) electrons. The lowest BCUT2D eigenvalue weighted by Gasteiger charge is -2.25. The Balaban J connectivity index is 2.93. The Morgan fingerprint density at radius 1 is 1.05 bits per heavy atom. The van der Waals surface area contributed by atoms with E-state index in [4.69, 9.17) is 8.85 Å². The van der Waals surface area contributed by atoms with Gasteiger partial charge in [0.25, 0.3) is 0 Å². The molecular formula is C15H30O2Si2. The van der Waals surface area contributed by atoms with Gasteiger partial charge in [-0.05, 0) is 57.7 Å². The zero-order valence-corrected chi connectivity index (χ0v) is 15.9. The molecule has 0 heterocycles. The van der Waals surface area contributed by atoms with Crippen LogP contribution >= 0.6 is 0 Å². The van der Waals surface area contributed by atoms with Crippen molar-refractivity contribution in [3.05, 3.63) is 23.2 Å². The van der Waals surface area contributed by atoms with Crippen molar-refractivity contribution in [1.29, 1.82) is 0 Å². The summed E-state index contributed by atoms with van der Waals surface area (Å²) >= 11 is 0. The first-order valence-electron chi connectivity index (χ1n) is 7.33. The molecule has 0 bridgehead atoms. The Kier molecular flexibility index (Phi) is 5.12. The van der Waals surface area contributed by atoms with Crippen LogP contribution in [-0.2, 0) is 8.85 Å². The molecule has 2 nitrogen and oxygen atoms in total. The summed E-state index contributed by atoms with van der Waals surface area (Å²) in [7, 11) is -3.15. The second kappa shape index (κ2) is 5.87. The summed E-state index contributed by atoms with van der Waals surface area (Å²) in [6, 6.07) is 0. The molecule has 1 rings (SSSR count). The van der Waals surface area contributed by atoms with E-state index in [-0.39, 0.29) is 0 Å². The molecular weight excluding hydrogens is 268 g/mol. The molecule has 1 atom stereocenters. The second-order valence-corrected chi connectivity index (χ2v) is 16.3. The summed E-state index contributed by atoms with van der Waals surface area (Å²) in [5.74, 6) is 2.71. The van der Waals surface area contributed by atoms with Crippen LogP contribution in [0.15, 0.2) is 23.2 Å². The predicted octanol–water partition coefficient (Wildman–Crippen LogP) is 5.28. The zero-order valence-electron chi connectivity index (χ0n) is 13.9. The lowest BCUT2D eigenvalue weighted by molar-refractivity contribution is 0.351. The van der Waals surface area contributed by atoms with Gasteiger partial charge in [-0.15, -0.1) is 0 Å². The first kappa shape index (κ1) is 16.6. The number of allylic oxidation sites excluding steroid dienone is 2. The molecule has 0 aromatic rings. The van der Waals surface area contributed by atoms with Crippen molar-refractivity contribution < 1.29 is 8.85 Å². The van der Waals surface area contributed by atoms with Gasteiger partial charge in [0.05, 0.1) is 0 Å². The van der Waals surface area contributed by atoms with Gasteiger partial charge in [0.2, 0.25) is 16.6 Å². The first-order chi connectivity index (χ1) is 8.52. The maximum atomic E-state index is 6.25. The van der Waals surface area contributed by atoms with Crippen molar-refractivity contribution >= 4 is 16.6 Å². The van der Waals surface area contributed by atoms with Crippen LogP contribution in [0.2, 0.25) is 39.3 Å². The molecule has 0 aromatic carbocycles. The average Bonchev–Trinajstić information content (AvgIpc) is 2.55. The fourth-order valence-corrected chi connectivity index (χ4v) is 3.77. The summed E-state index contributed by atoms with van der Waals surface area (Å²) in [5.41, 5.74) is 1.46. The maximum absolute atomic E-state index is 6.25. The lowest BCUT2D eigenvalue weighted by Crippen LogP contribution is -2.28. The molecule has 19 heavy (non-hydrogen) atoms. The van der Waals surface area contributed by atoms with Gasteiger partial charge in [-0.1, -0.05) is 19.4 Å². The van der Waals surface area contributed by atoms with Crippen molar-refractivity contribution in [3.8, 4) is 0 Å². The number of rotatable bonds is 6. The monoisotopic (exact) mass is 298 g/mol. The number of hydrogen-bond donors (Lipinski definition) is 0. The molecule has 1 unspecified atom stereocenters. The Hall–Kier alpha value is -0.486. The Morgan fingerprint density at radius 3 is 2.00 bits per heavy atom. The highest BCUT2D eigenvalue weighted by Crippen LogP contribution is 2.35. The van der Waals surface area contributed by atoms with E-state index in [1.807, 2.05) is 0 Å². The smallest absolute Gasteiger partial charge is 0.242 e. The van der Waals surface area contributed by atoms with Crippen LogP contribution in [0.3, 0.4) is 0 Å². The van der Waals surface area contributed by atoms with Crippen LogP contribution in [0.4, 0.5) is 0 Å². The second-order valence-electron chi connectivity index (χ2n) is 7.42. The molecule has 0 N–H and O–H groups in total. The van der Waals surface area contributed by atoms with Gasteiger partial charge < -0.3 is 8.85 Å². The van der Waals surface area contributed by atoms with Crippen molar-refractivity contribution in [2.75, 3.05) is 0 Å². The summed E-state index contributed by atoms with van der Waals surface area (Å²) in [6.07, 6.45) is 4.35. The fourth-order valence-electron chi connectivity index (χ4n) is 2.02. The van der Waals surface area contributed by atoms with Crippen molar-refractivity contribution in [2.45, 2.75) is 66.0 Å². The number of hydrogen-bond acceptors (Lipinski definition) is 2. The minimum atomic E-state index is -1.58. The van der Waals surface area contributed by atoms with Gasteiger partial charge in [-0.3, -0.25) is 0 Å². The van der Waals surface area contributed by atoms with Gasteiger partial charge in [0.1, 0.15) is 11.5 Å². The van der Waals surface area contributed by atoms with Gasteiger partial charge in [-0.25, -0.2) is 0 Å².